The summed E-state index contributed by atoms with van der Waals surface area (Å²) in [6, 6.07) is 0.906. The Labute approximate surface area is 56.4 Å². The predicted octanol–water partition coefficient (Wildman–Crippen LogP) is 0.352. The summed E-state index contributed by atoms with van der Waals surface area (Å²) in [6.45, 7) is 1.30. The fraction of sp³-hybridized carbons (Fsp3) is 1.00. The molecule has 2 rings (SSSR count). The lowest BCUT2D eigenvalue weighted by Gasteiger charge is -2.18. The first-order chi connectivity index (χ1) is 4.30. The van der Waals surface area contributed by atoms with Crippen LogP contribution >= 0.6 is 0 Å². The summed E-state index contributed by atoms with van der Waals surface area (Å²) in [5, 5.41) is 0. The minimum atomic E-state index is 0.804. The Hall–Kier alpha value is -0.0800. The molecule has 2 heteroatoms. The Morgan fingerprint density at radius 1 is 1.33 bits per heavy atom. The molecular weight excluding hydrogens is 112 g/mol. The average Bonchev–Trinajstić information content (AvgIpc) is 2.45. The Kier molecular flexibility index (Phi) is 1.08. The molecular formula is C7H14N2. The van der Waals surface area contributed by atoms with Gasteiger partial charge in [-0.25, -0.2) is 0 Å². The lowest BCUT2D eigenvalue weighted by atomic mass is 10.1. The minimum Gasteiger partial charge on any atom is -0.290 e. The number of likely N-dealkylation sites (N-methyl/N-ethyl adjacent to an activating group) is 2. The molecule has 0 bridgehead atoms. The molecule has 0 amide bonds. The summed E-state index contributed by atoms with van der Waals surface area (Å²) in [5.74, 6) is 0. The monoisotopic (exact) mass is 126 g/mol. The van der Waals surface area contributed by atoms with Crippen molar-refractivity contribution in [2.45, 2.75) is 25.0 Å². The molecule has 2 fully saturated rings. The molecule has 3 atom stereocenters. The summed E-state index contributed by atoms with van der Waals surface area (Å²) in [4.78, 5) is 4.90. The van der Waals surface area contributed by atoms with E-state index >= 15 is 0 Å². The maximum atomic E-state index is 2.45. The normalized spacial score (nSPS) is 50.7. The minimum absolute atomic E-state index is 0.804. The molecule has 2 aliphatic heterocycles. The smallest absolute Gasteiger partial charge is 0.0781 e. The van der Waals surface area contributed by atoms with Crippen molar-refractivity contribution in [3.8, 4) is 0 Å². The largest absolute Gasteiger partial charge is 0.290 e. The van der Waals surface area contributed by atoms with Crippen molar-refractivity contribution < 1.29 is 0 Å². The van der Waals surface area contributed by atoms with Gasteiger partial charge in [-0.15, -0.1) is 0 Å². The van der Waals surface area contributed by atoms with Gasteiger partial charge in [-0.1, -0.05) is 0 Å². The fourth-order valence-corrected chi connectivity index (χ4v) is 2.02. The highest BCUT2D eigenvalue weighted by molar-refractivity contribution is 5.00. The Balaban J connectivity index is 2.02. The SMILES string of the molecule is CN1CCCC2C1N2C. The molecule has 0 N–H and O–H groups in total. The topological polar surface area (TPSA) is 6.25 Å². The number of nitrogens with zero attached hydrogens (tertiary/aromatic N) is 2. The van der Waals surface area contributed by atoms with Gasteiger partial charge in [0.2, 0.25) is 0 Å². The second-order valence-electron chi connectivity index (χ2n) is 3.27. The third-order valence-electron chi connectivity index (χ3n) is 2.66. The molecule has 0 aromatic carbocycles. The van der Waals surface area contributed by atoms with Crippen LogP contribution < -0.4 is 0 Å². The van der Waals surface area contributed by atoms with Crippen LogP contribution in [0.5, 0.6) is 0 Å². The van der Waals surface area contributed by atoms with Gasteiger partial charge in [-0.2, -0.15) is 0 Å². The van der Waals surface area contributed by atoms with Gasteiger partial charge < -0.3 is 0 Å². The third kappa shape index (κ3) is 0.700. The van der Waals surface area contributed by atoms with Crippen LogP contribution in [0.25, 0.3) is 0 Å². The zero-order valence-corrected chi connectivity index (χ0v) is 6.17. The van der Waals surface area contributed by atoms with E-state index in [-0.39, 0.29) is 0 Å². The van der Waals surface area contributed by atoms with E-state index in [4.69, 9.17) is 0 Å². The highest BCUT2D eigenvalue weighted by atomic mass is 15.5. The molecule has 0 aromatic heterocycles. The first-order valence-corrected chi connectivity index (χ1v) is 3.73. The van der Waals surface area contributed by atoms with Gasteiger partial charge in [0.15, 0.2) is 0 Å². The lowest BCUT2D eigenvalue weighted by Crippen LogP contribution is -2.29. The van der Waals surface area contributed by atoms with Crippen molar-refractivity contribution in [2.75, 3.05) is 20.6 Å². The second kappa shape index (κ2) is 1.70. The number of hydrogen-bond donors (Lipinski definition) is 0. The molecule has 52 valence electrons. The lowest BCUT2D eigenvalue weighted by molar-refractivity contribution is 0.260. The van der Waals surface area contributed by atoms with Crippen LogP contribution in [-0.4, -0.2) is 42.6 Å². The Morgan fingerprint density at radius 2 is 2.11 bits per heavy atom. The van der Waals surface area contributed by atoms with Crippen LogP contribution in [0.3, 0.4) is 0 Å². The van der Waals surface area contributed by atoms with Crippen LogP contribution in [0, 0.1) is 0 Å². The van der Waals surface area contributed by atoms with Gasteiger partial charge in [-0.3, -0.25) is 9.80 Å². The van der Waals surface area contributed by atoms with Crippen LogP contribution in [0.1, 0.15) is 12.8 Å². The maximum Gasteiger partial charge on any atom is 0.0781 e. The standard InChI is InChI=1S/C7H14N2/c1-8-5-3-4-6-7(8)9(6)2/h6-7H,3-5H2,1-2H3. The van der Waals surface area contributed by atoms with E-state index < -0.39 is 0 Å². The third-order valence-corrected chi connectivity index (χ3v) is 2.66. The number of fused-ring (bicyclic) bond motifs is 1. The molecule has 3 unspecified atom stereocenters. The molecule has 0 aliphatic carbocycles. The van der Waals surface area contributed by atoms with E-state index in [1.807, 2.05) is 0 Å². The molecule has 2 heterocycles. The molecule has 0 spiro atoms. The van der Waals surface area contributed by atoms with Gasteiger partial charge in [-0.05, 0) is 33.5 Å². The van der Waals surface area contributed by atoms with Crippen LogP contribution in [0.2, 0.25) is 0 Å². The van der Waals surface area contributed by atoms with Crippen LogP contribution in [0.15, 0.2) is 0 Å². The molecule has 2 aliphatic rings. The van der Waals surface area contributed by atoms with Gasteiger partial charge in [0.25, 0.3) is 0 Å². The maximum absolute atomic E-state index is 2.45. The Bertz CT molecular complexity index is 118. The van der Waals surface area contributed by atoms with Crippen LogP contribution in [0.4, 0.5) is 0 Å². The second-order valence-corrected chi connectivity index (χ2v) is 3.27. The van der Waals surface area contributed by atoms with Crippen molar-refractivity contribution in [3.05, 3.63) is 0 Å². The van der Waals surface area contributed by atoms with Crippen molar-refractivity contribution in [1.29, 1.82) is 0 Å². The average molecular weight is 126 g/mol. The fourth-order valence-electron chi connectivity index (χ4n) is 2.02. The summed E-state index contributed by atoms with van der Waals surface area (Å²) < 4.78 is 0. The van der Waals surface area contributed by atoms with Gasteiger partial charge >= 0.3 is 0 Å². The zero-order valence-electron chi connectivity index (χ0n) is 6.17. The van der Waals surface area contributed by atoms with E-state index in [1.165, 1.54) is 19.4 Å². The first kappa shape index (κ1) is 5.69. The number of rotatable bonds is 0. The summed E-state index contributed by atoms with van der Waals surface area (Å²) in [5.41, 5.74) is 0. The molecule has 2 saturated heterocycles. The highest BCUT2D eigenvalue weighted by Gasteiger charge is 2.48. The Morgan fingerprint density at radius 3 is 2.67 bits per heavy atom. The summed E-state index contributed by atoms with van der Waals surface area (Å²) >= 11 is 0. The number of piperidine rings is 1. The highest BCUT2D eigenvalue weighted by Crippen LogP contribution is 2.35. The molecule has 9 heavy (non-hydrogen) atoms. The van der Waals surface area contributed by atoms with Gasteiger partial charge in [0.05, 0.1) is 6.17 Å². The quantitative estimate of drug-likeness (QED) is 0.432. The molecule has 0 radical (unpaired) electrons. The summed E-state index contributed by atoms with van der Waals surface area (Å²) in [7, 11) is 4.44. The molecule has 2 nitrogen and oxygen atoms in total. The van der Waals surface area contributed by atoms with E-state index in [1.54, 1.807) is 0 Å². The van der Waals surface area contributed by atoms with E-state index in [9.17, 15) is 0 Å². The number of likely N-dealkylation sites (tertiary alicyclic amines) is 1. The van der Waals surface area contributed by atoms with Crippen molar-refractivity contribution in [1.82, 2.24) is 9.80 Å². The van der Waals surface area contributed by atoms with E-state index in [0.717, 1.165) is 12.2 Å². The predicted molar refractivity (Wildman–Crippen MR) is 37.2 cm³/mol. The van der Waals surface area contributed by atoms with Crippen molar-refractivity contribution in [3.63, 3.8) is 0 Å². The first-order valence-electron chi connectivity index (χ1n) is 3.73. The number of hydrogen-bond acceptors (Lipinski definition) is 2. The zero-order chi connectivity index (χ0) is 6.43. The van der Waals surface area contributed by atoms with Crippen molar-refractivity contribution in [2.24, 2.45) is 0 Å². The van der Waals surface area contributed by atoms with Gasteiger partial charge in [0, 0.05) is 6.04 Å². The van der Waals surface area contributed by atoms with Gasteiger partial charge in [0.1, 0.15) is 0 Å². The van der Waals surface area contributed by atoms with Crippen molar-refractivity contribution >= 4 is 0 Å². The summed E-state index contributed by atoms with van der Waals surface area (Å²) in [6.07, 6.45) is 3.62. The van der Waals surface area contributed by atoms with E-state index in [0.29, 0.717) is 0 Å². The van der Waals surface area contributed by atoms with E-state index in [2.05, 4.69) is 23.9 Å². The molecule has 0 saturated carbocycles. The molecule has 0 aromatic rings. The van der Waals surface area contributed by atoms with Crippen LogP contribution in [-0.2, 0) is 0 Å².